The zero-order valence-corrected chi connectivity index (χ0v) is 10.6. The summed E-state index contributed by atoms with van der Waals surface area (Å²) in [5.74, 6) is -0.622. The van der Waals surface area contributed by atoms with Crippen LogP contribution in [0.2, 0.25) is 0 Å². The van der Waals surface area contributed by atoms with Gasteiger partial charge in [-0.1, -0.05) is 0 Å². The number of methoxy groups -OCH3 is 1. The van der Waals surface area contributed by atoms with E-state index < -0.39 is 12.0 Å². The number of nitrogen functional groups attached to an aromatic ring is 1. The third-order valence-corrected chi connectivity index (χ3v) is 2.47. The Hall–Kier alpha value is -2.24. The summed E-state index contributed by atoms with van der Waals surface area (Å²) in [7, 11) is 2.85. The van der Waals surface area contributed by atoms with E-state index in [1.165, 1.54) is 7.11 Å². The Kier molecular flexibility index (Phi) is 4.53. The van der Waals surface area contributed by atoms with Crippen LogP contribution in [-0.4, -0.2) is 32.1 Å². The van der Waals surface area contributed by atoms with E-state index in [-0.39, 0.29) is 5.91 Å². The van der Waals surface area contributed by atoms with Crippen LogP contribution in [0.25, 0.3) is 0 Å². The molecule has 0 aliphatic heterocycles. The zero-order valence-electron chi connectivity index (χ0n) is 10.6. The van der Waals surface area contributed by atoms with Gasteiger partial charge in [-0.15, -0.1) is 0 Å². The normalized spacial score (nSPS) is 11.5. The number of rotatable bonds is 4. The van der Waals surface area contributed by atoms with Crippen molar-refractivity contribution in [1.29, 1.82) is 0 Å². The quantitative estimate of drug-likeness (QED) is 0.538. The average Bonchev–Trinajstić information content (AvgIpc) is 2.39. The van der Waals surface area contributed by atoms with E-state index in [2.05, 4.69) is 15.4 Å². The molecular weight excluding hydrogens is 234 g/mol. The number of esters is 1. The maximum absolute atomic E-state index is 11.5. The van der Waals surface area contributed by atoms with Crippen LogP contribution >= 0.6 is 0 Å². The van der Waals surface area contributed by atoms with Gasteiger partial charge in [-0.2, -0.15) is 0 Å². The summed E-state index contributed by atoms with van der Waals surface area (Å²) in [4.78, 5) is 22.8. The minimum absolute atomic E-state index is 0.219. The number of amides is 1. The summed E-state index contributed by atoms with van der Waals surface area (Å²) in [6, 6.07) is 4.27. The second-order valence-electron chi connectivity index (χ2n) is 3.77. The standard InChI is InChI=1S/C12H17N3O3/c1-7(12(17)18-3)15-10-6-8(11(16)14-2)4-5-9(10)13/h4-7,15H,13H2,1-3H3,(H,14,16). The van der Waals surface area contributed by atoms with E-state index in [1.54, 1.807) is 32.2 Å². The molecular formula is C12H17N3O3. The first-order valence-corrected chi connectivity index (χ1v) is 5.45. The Morgan fingerprint density at radius 2 is 2.06 bits per heavy atom. The lowest BCUT2D eigenvalue weighted by Gasteiger charge is -2.15. The van der Waals surface area contributed by atoms with Crippen LogP contribution in [0.1, 0.15) is 17.3 Å². The number of hydrogen-bond donors (Lipinski definition) is 3. The van der Waals surface area contributed by atoms with Gasteiger partial charge in [0, 0.05) is 12.6 Å². The molecule has 1 unspecified atom stereocenters. The smallest absolute Gasteiger partial charge is 0.327 e. The average molecular weight is 251 g/mol. The first-order chi connectivity index (χ1) is 8.49. The highest BCUT2D eigenvalue weighted by molar-refractivity contribution is 5.96. The number of ether oxygens (including phenoxy) is 1. The third-order valence-electron chi connectivity index (χ3n) is 2.47. The molecule has 1 aromatic rings. The highest BCUT2D eigenvalue weighted by Gasteiger charge is 2.15. The van der Waals surface area contributed by atoms with Crippen molar-refractivity contribution in [3.63, 3.8) is 0 Å². The minimum Gasteiger partial charge on any atom is -0.467 e. The molecule has 0 aliphatic rings. The van der Waals surface area contributed by atoms with Gasteiger partial charge in [0.1, 0.15) is 6.04 Å². The number of hydrogen-bond acceptors (Lipinski definition) is 5. The monoisotopic (exact) mass is 251 g/mol. The van der Waals surface area contributed by atoms with Gasteiger partial charge >= 0.3 is 5.97 Å². The number of carbonyl (C=O) groups excluding carboxylic acids is 2. The minimum atomic E-state index is -0.544. The molecule has 1 atom stereocenters. The molecule has 0 radical (unpaired) electrons. The Bertz CT molecular complexity index is 460. The number of benzene rings is 1. The van der Waals surface area contributed by atoms with Crippen molar-refractivity contribution in [3.8, 4) is 0 Å². The molecule has 6 nitrogen and oxygen atoms in total. The van der Waals surface area contributed by atoms with E-state index in [0.717, 1.165) is 0 Å². The highest BCUT2D eigenvalue weighted by atomic mass is 16.5. The maximum atomic E-state index is 11.5. The first-order valence-electron chi connectivity index (χ1n) is 5.45. The third kappa shape index (κ3) is 3.13. The molecule has 0 aliphatic carbocycles. The van der Waals surface area contributed by atoms with Crippen LogP contribution in [0.3, 0.4) is 0 Å². The van der Waals surface area contributed by atoms with Crippen LogP contribution < -0.4 is 16.4 Å². The summed E-state index contributed by atoms with van der Waals surface area (Å²) in [5.41, 5.74) is 7.22. The Morgan fingerprint density at radius 1 is 1.39 bits per heavy atom. The van der Waals surface area contributed by atoms with Gasteiger partial charge in [0.05, 0.1) is 18.5 Å². The van der Waals surface area contributed by atoms with Crippen molar-refractivity contribution in [1.82, 2.24) is 5.32 Å². The summed E-state index contributed by atoms with van der Waals surface area (Å²) < 4.78 is 4.60. The number of carbonyl (C=O) groups is 2. The molecule has 0 saturated heterocycles. The SMILES string of the molecule is CNC(=O)c1ccc(N)c(NC(C)C(=O)OC)c1. The predicted molar refractivity (Wildman–Crippen MR) is 69.3 cm³/mol. The lowest BCUT2D eigenvalue weighted by atomic mass is 10.1. The molecule has 0 saturated carbocycles. The number of nitrogens with one attached hydrogen (secondary N) is 2. The fraction of sp³-hybridized carbons (Fsp3) is 0.333. The lowest BCUT2D eigenvalue weighted by Crippen LogP contribution is -2.28. The van der Waals surface area contributed by atoms with Crippen molar-refractivity contribution in [3.05, 3.63) is 23.8 Å². The first kappa shape index (κ1) is 13.8. The van der Waals surface area contributed by atoms with Crippen molar-refractivity contribution in [2.45, 2.75) is 13.0 Å². The fourth-order valence-electron chi connectivity index (χ4n) is 1.44. The molecule has 0 bridgehead atoms. The molecule has 6 heteroatoms. The Balaban J connectivity index is 2.94. The molecule has 1 rings (SSSR count). The fourth-order valence-corrected chi connectivity index (χ4v) is 1.44. The van der Waals surface area contributed by atoms with Crippen molar-refractivity contribution >= 4 is 23.3 Å². The van der Waals surface area contributed by atoms with Gasteiger partial charge < -0.3 is 21.1 Å². The topological polar surface area (TPSA) is 93.5 Å². The van der Waals surface area contributed by atoms with Crippen LogP contribution in [-0.2, 0) is 9.53 Å². The van der Waals surface area contributed by atoms with Crippen LogP contribution in [0.4, 0.5) is 11.4 Å². The van der Waals surface area contributed by atoms with Gasteiger partial charge in [-0.25, -0.2) is 4.79 Å². The van der Waals surface area contributed by atoms with Crippen LogP contribution in [0.5, 0.6) is 0 Å². The predicted octanol–water partition coefficient (Wildman–Crippen LogP) is 0.602. The van der Waals surface area contributed by atoms with E-state index in [4.69, 9.17) is 5.73 Å². The van der Waals surface area contributed by atoms with Gasteiger partial charge in [0.15, 0.2) is 0 Å². The van der Waals surface area contributed by atoms with Gasteiger partial charge in [0.25, 0.3) is 5.91 Å². The van der Waals surface area contributed by atoms with E-state index in [1.807, 2.05) is 0 Å². The Labute approximate surface area is 105 Å². The maximum Gasteiger partial charge on any atom is 0.327 e. The summed E-state index contributed by atoms with van der Waals surface area (Å²) in [5, 5.41) is 5.42. The summed E-state index contributed by atoms with van der Waals surface area (Å²) >= 11 is 0. The molecule has 4 N–H and O–H groups in total. The molecule has 1 amide bonds. The van der Waals surface area contributed by atoms with Crippen LogP contribution in [0.15, 0.2) is 18.2 Å². The molecule has 0 aromatic heterocycles. The summed E-state index contributed by atoms with van der Waals surface area (Å²) in [6.45, 7) is 1.65. The van der Waals surface area contributed by atoms with Crippen LogP contribution in [0, 0.1) is 0 Å². The van der Waals surface area contributed by atoms with E-state index >= 15 is 0 Å². The molecule has 0 spiro atoms. The van der Waals surface area contributed by atoms with Gasteiger partial charge in [-0.3, -0.25) is 4.79 Å². The molecule has 0 fully saturated rings. The second-order valence-corrected chi connectivity index (χ2v) is 3.77. The Morgan fingerprint density at radius 3 is 2.61 bits per heavy atom. The number of nitrogens with two attached hydrogens (primary N) is 1. The summed E-state index contributed by atoms with van der Waals surface area (Å²) in [6.07, 6.45) is 0. The highest BCUT2D eigenvalue weighted by Crippen LogP contribution is 2.21. The zero-order chi connectivity index (χ0) is 13.7. The molecule has 1 aromatic carbocycles. The largest absolute Gasteiger partial charge is 0.467 e. The van der Waals surface area contributed by atoms with Gasteiger partial charge in [0.2, 0.25) is 0 Å². The molecule has 98 valence electrons. The van der Waals surface area contributed by atoms with Crippen molar-refractivity contribution < 1.29 is 14.3 Å². The van der Waals surface area contributed by atoms with Crippen molar-refractivity contribution in [2.24, 2.45) is 0 Å². The van der Waals surface area contributed by atoms with Crippen molar-refractivity contribution in [2.75, 3.05) is 25.2 Å². The second kappa shape index (κ2) is 5.90. The van der Waals surface area contributed by atoms with Gasteiger partial charge in [-0.05, 0) is 25.1 Å². The van der Waals surface area contributed by atoms with E-state index in [9.17, 15) is 9.59 Å². The number of anilines is 2. The molecule has 0 heterocycles. The molecule has 18 heavy (non-hydrogen) atoms. The van der Waals surface area contributed by atoms with E-state index in [0.29, 0.717) is 16.9 Å². The lowest BCUT2D eigenvalue weighted by molar-refractivity contribution is -0.141.